The third kappa shape index (κ3) is 3.55. The highest BCUT2D eigenvalue weighted by Crippen LogP contribution is 2.24. The maximum atomic E-state index is 13.3. The molecule has 102 valence electrons. The number of hydrogen-bond donors (Lipinski definition) is 1. The Morgan fingerprint density at radius 3 is 2.79 bits per heavy atom. The highest BCUT2D eigenvalue weighted by atomic mass is 79.9. The molecule has 0 amide bonds. The summed E-state index contributed by atoms with van der Waals surface area (Å²) in [4.78, 5) is 0. The minimum absolute atomic E-state index is 0.246. The highest BCUT2D eigenvalue weighted by Gasteiger charge is 2.10. The second-order valence-corrected chi connectivity index (χ2v) is 5.77. The Bertz CT molecular complexity index is 553. The summed E-state index contributed by atoms with van der Waals surface area (Å²) >= 11 is 4.81. The van der Waals surface area contributed by atoms with E-state index in [2.05, 4.69) is 26.1 Å². The number of rotatable bonds is 5. The molecule has 0 radical (unpaired) electrons. The molecule has 0 bridgehead atoms. The first-order valence-corrected chi connectivity index (χ1v) is 7.61. The fraction of sp³-hybridized carbons (Fsp3) is 0.333. The van der Waals surface area contributed by atoms with E-state index in [9.17, 15) is 4.39 Å². The lowest BCUT2D eigenvalue weighted by Crippen LogP contribution is -2.08. The molecule has 2 aromatic rings. The van der Waals surface area contributed by atoms with Crippen molar-refractivity contribution < 1.29 is 4.39 Å². The monoisotopic (exact) mass is 344 g/mol. The van der Waals surface area contributed by atoms with Crippen LogP contribution < -0.4 is 5.73 Å². The summed E-state index contributed by atoms with van der Waals surface area (Å²) < 4.78 is 16.0. The average Bonchev–Trinajstić information content (AvgIpc) is 2.77. The summed E-state index contributed by atoms with van der Waals surface area (Å²) in [5, 5.41) is 8.95. The molecule has 7 heteroatoms. The van der Waals surface area contributed by atoms with Crippen LogP contribution in [-0.2, 0) is 18.8 Å². The van der Waals surface area contributed by atoms with Gasteiger partial charge in [0.2, 0.25) is 0 Å². The van der Waals surface area contributed by atoms with Gasteiger partial charge in [0.05, 0.1) is 6.54 Å². The zero-order valence-electron chi connectivity index (χ0n) is 10.4. The number of hydrogen-bond acceptors (Lipinski definition) is 4. The van der Waals surface area contributed by atoms with Crippen LogP contribution in [0.4, 0.5) is 4.39 Å². The van der Waals surface area contributed by atoms with Crippen LogP contribution in [0.2, 0.25) is 0 Å². The van der Waals surface area contributed by atoms with Crippen molar-refractivity contribution >= 4 is 27.7 Å². The van der Waals surface area contributed by atoms with E-state index in [-0.39, 0.29) is 5.82 Å². The van der Waals surface area contributed by atoms with Gasteiger partial charge in [0.25, 0.3) is 0 Å². The molecule has 2 N–H and O–H groups in total. The van der Waals surface area contributed by atoms with Crippen molar-refractivity contribution in [2.45, 2.75) is 30.9 Å². The minimum atomic E-state index is -0.246. The van der Waals surface area contributed by atoms with Gasteiger partial charge >= 0.3 is 0 Å². The molecule has 0 saturated carbocycles. The van der Waals surface area contributed by atoms with Crippen LogP contribution in [0.25, 0.3) is 0 Å². The van der Waals surface area contributed by atoms with Crippen molar-refractivity contribution in [3.05, 3.63) is 39.9 Å². The maximum Gasteiger partial charge on any atom is 0.191 e. The highest BCUT2D eigenvalue weighted by molar-refractivity contribution is 9.10. The van der Waals surface area contributed by atoms with Crippen LogP contribution in [0.1, 0.15) is 18.3 Å². The molecule has 0 saturated heterocycles. The molecular formula is C12H14BrFN4S. The Morgan fingerprint density at radius 1 is 1.37 bits per heavy atom. The minimum Gasteiger partial charge on any atom is -0.324 e. The summed E-state index contributed by atoms with van der Waals surface area (Å²) in [7, 11) is 0. The maximum absolute atomic E-state index is 13.3. The third-order valence-electron chi connectivity index (χ3n) is 2.58. The van der Waals surface area contributed by atoms with Crippen LogP contribution in [0.3, 0.4) is 0 Å². The van der Waals surface area contributed by atoms with Crippen molar-refractivity contribution in [3.63, 3.8) is 0 Å². The normalized spacial score (nSPS) is 10.9. The third-order valence-corrected chi connectivity index (χ3v) is 4.08. The number of benzene rings is 1. The molecule has 0 atom stereocenters. The van der Waals surface area contributed by atoms with Gasteiger partial charge in [-0.25, -0.2) is 4.39 Å². The molecule has 0 aliphatic carbocycles. The van der Waals surface area contributed by atoms with Gasteiger partial charge in [0.15, 0.2) is 5.16 Å². The zero-order chi connectivity index (χ0) is 13.8. The van der Waals surface area contributed by atoms with Crippen LogP contribution in [0.5, 0.6) is 0 Å². The lowest BCUT2D eigenvalue weighted by atomic mass is 10.2. The van der Waals surface area contributed by atoms with E-state index in [1.165, 1.54) is 23.9 Å². The second kappa shape index (κ2) is 6.49. The van der Waals surface area contributed by atoms with Gasteiger partial charge in [-0.2, -0.15) is 0 Å². The fourth-order valence-electron chi connectivity index (χ4n) is 1.74. The molecule has 0 unspecified atom stereocenters. The van der Waals surface area contributed by atoms with Gasteiger partial charge < -0.3 is 10.3 Å². The quantitative estimate of drug-likeness (QED) is 0.847. The van der Waals surface area contributed by atoms with Crippen LogP contribution in [-0.4, -0.2) is 14.8 Å². The molecule has 0 spiro atoms. The second-order valence-electron chi connectivity index (χ2n) is 3.91. The fourth-order valence-corrected chi connectivity index (χ4v) is 3.20. The largest absolute Gasteiger partial charge is 0.324 e. The number of nitrogens with zero attached hydrogens (tertiary/aromatic N) is 3. The first-order valence-electron chi connectivity index (χ1n) is 5.84. The Morgan fingerprint density at radius 2 is 2.16 bits per heavy atom. The Labute approximate surface area is 123 Å². The summed E-state index contributed by atoms with van der Waals surface area (Å²) in [5.41, 5.74) is 6.50. The standard InChI is InChI=1S/C12H14BrFN4S/c1-2-18-11(6-15)16-17-12(18)19-7-8-3-9(13)5-10(14)4-8/h3-5H,2,6-7,15H2,1H3. The topological polar surface area (TPSA) is 56.7 Å². The lowest BCUT2D eigenvalue weighted by molar-refractivity contribution is 0.625. The first kappa shape index (κ1) is 14.5. The van der Waals surface area contributed by atoms with Gasteiger partial charge in [-0.15, -0.1) is 10.2 Å². The first-order chi connectivity index (χ1) is 9.13. The number of thioether (sulfide) groups is 1. The summed E-state index contributed by atoms with van der Waals surface area (Å²) in [6.07, 6.45) is 0. The van der Waals surface area contributed by atoms with E-state index >= 15 is 0 Å². The van der Waals surface area contributed by atoms with Crippen molar-refractivity contribution in [1.82, 2.24) is 14.8 Å². The van der Waals surface area contributed by atoms with Gasteiger partial charge in [-0.1, -0.05) is 27.7 Å². The van der Waals surface area contributed by atoms with E-state index in [1.54, 1.807) is 0 Å². The molecule has 0 fully saturated rings. The van der Waals surface area contributed by atoms with Crippen LogP contribution in [0, 0.1) is 5.82 Å². The number of aromatic nitrogens is 3. The van der Waals surface area contributed by atoms with Gasteiger partial charge in [-0.05, 0) is 30.7 Å². The van der Waals surface area contributed by atoms with E-state index < -0.39 is 0 Å². The van der Waals surface area contributed by atoms with Crippen molar-refractivity contribution in [3.8, 4) is 0 Å². The van der Waals surface area contributed by atoms with Crippen molar-refractivity contribution in [2.24, 2.45) is 5.73 Å². The van der Waals surface area contributed by atoms with Crippen molar-refractivity contribution in [1.29, 1.82) is 0 Å². The SMILES string of the molecule is CCn1c(CN)nnc1SCc1cc(F)cc(Br)c1. The molecule has 0 aliphatic heterocycles. The average molecular weight is 345 g/mol. The summed E-state index contributed by atoms with van der Waals surface area (Å²) in [6.45, 7) is 3.16. The molecule has 1 aromatic heterocycles. The number of nitrogens with two attached hydrogens (primary N) is 1. The van der Waals surface area contributed by atoms with Crippen LogP contribution in [0.15, 0.2) is 27.8 Å². The van der Waals surface area contributed by atoms with Gasteiger partial charge in [-0.3, -0.25) is 0 Å². The van der Waals surface area contributed by atoms with E-state index in [0.717, 1.165) is 27.6 Å². The van der Waals surface area contributed by atoms with E-state index in [1.807, 2.05) is 17.6 Å². The summed E-state index contributed by atoms with van der Waals surface area (Å²) in [6, 6.07) is 4.86. The Balaban J connectivity index is 2.12. The summed E-state index contributed by atoms with van der Waals surface area (Å²) in [5.74, 6) is 1.16. The number of halogens is 2. The lowest BCUT2D eigenvalue weighted by Gasteiger charge is -2.06. The predicted octanol–water partition coefficient (Wildman–Crippen LogP) is 2.95. The van der Waals surface area contributed by atoms with E-state index in [4.69, 9.17) is 5.73 Å². The zero-order valence-corrected chi connectivity index (χ0v) is 12.8. The molecule has 1 heterocycles. The van der Waals surface area contributed by atoms with Crippen molar-refractivity contribution in [2.75, 3.05) is 0 Å². The van der Waals surface area contributed by atoms with E-state index in [0.29, 0.717) is 12.3 Å². The Hall–Kier alpha value is -0.920. The molecular weight excluding hydrogens is 331 g/mol. The smallest absolute Gasteiger partial charge is 0.191 e. The predicted molar refractivity (Wildman–Crippen MR) is 77.2 cm³/mol. The molecule has 1 aromatic carbocycles. The van der Waals surface area contributed by atoms with Crippen LogP contribution >= 0.6 is 27.7 Å². The molecule has 4 nitrogen and oxygen atoms in total. The van der Waals surface area contributed by atoms with Gasteiger partial charge in [0, 0.05) is 16.8 Å². The van der Waals surface area contributed by atoms with Gasteiger partial charge in [0.1, 0.15) is 11.6 Å². The molecule has 2 rings (SSSR count). The molecule has 19 heavy (non-hydrogen) atoms. The Kier molecular flexibility index (Phi) is 4.95. The molecule has 0 aliphatic rings.